The molecule has 130 valence electrons. The number of anilines is 3. The lowest BCUT2D eigenvalue weighted by atomic mass is 10.2. The summed E-state index contributed by atoms with van der Waals surface area (Å²) in [7, 11) is 1.54. The lowest BCUT2D eigenvalue weighted by molar-refractivity contribution is 0.102. The van der Waals surface area contributed by atoms with Crippen molar-refractivity contribution in [2.24, 2.45) is 0 Å². The van der Waals surface area contributed by atoms with Crippen molar-refractivity contribution in [1.82, 2.24) is 20.2 Å². The predicted molar refractivity (Wildman–Crippen MR) is 100 cm³/mol. The maximum absolute atomic E-state index is 12.3. The Hall–Kier alpha value is -3.46. The van der Waals surface area contributed by atoms with Crippen LogP contribution in [0.1, 0.15) is 10.5 Å². The van der Waals surface area contributed by atoms with Crippen LogP contribution in [0.15, 0.2) is 48.1 Å². The van der Waals surface area contributed by atoms with Gasteiger partial charge in [-0.25, -0.2) is 9.97 Å². The van der Waals surface area contributed by atoms with Crippen molar-refractivity contribution in [3.8, 4) is 5.88 Å². The van der Waals surface area contributed by atoms with Crippen molar-refractivity contribution in [2.75, 3.05) is 17.7 Å². The normalized spacial score (nSPS) is 10.7. The van der Waals surface area contributed by atoms with E-state index < -0.39 is 0 Å². The molecule has 0 spiro atoms. The number of hydrogen-bond donors (Lipinski definition) is 3. The molecule has 0 unspecified atom stereocenters. The second-order valence-electron chi connectivity index (χ2n) is 5.34. The van der Waals surface area contributed by atoms with Gasteiger partial charge in [-0.15, -0.1) is 11.3 Å². The van der Waals surface area contributed by atoms with Gasteiger partial charge in [-0.3, -0.25) is 9.89 Å². The van der Waals surface area contributed by atoms with Crippen molar-refractivity contribution < 1.29 is 9.53 Å². The summed E-state index contributed by atoms with van der Waals surface area (Å²) in [5, 5.41) is 16.2. The number of carbonyl (C=O) groups excluding carboxylic acids is 1. The van der Waals surface area contributed by atoms with Gasteiger partial charge in [0.15, 0.2) is 5.13 Å². The third-order valence-electron chi connectivity index (χ3n) is 3.67. The molecular formula is C17H14N6O2S. The highest BCUT2D eigenvalue weighted by molar-refractivity contribution is 7.14. The van der Waals surface area contributed by atoms with E-state index in [9.17, 15) is 4.79 Å². The summed E-state index contributed by atoms with van der Waals surface area (Å²) in [6.45, 7) is 0. The van der Waals surface area contributed by atoms with Crippen LogP contribution in [0, 0.1) is 0 Å². The summed E-state index contributed by atoms with van der Waals surface area (Å²) in [5.74, 6) is 0.180. The number of hydrogen-bond acceptors (Lipinski definition) is 7. The molecule has 0 bridgehead atoms. The molecule has 0 radical (unpaired) electrons. The fourth-order valence-electron chi connectivity index (χ4n) is 2.40. The molecule has 4 aromatic rings. The number of pyridine rings is 1. The zero-order chi connectivity index (χ0) is 17.9. The quantitative estimate of drug-likeness (QED) is 0.500. The van der Waals surface area contributed by atoms with Crippen LogP contribution in [0.25, 0.3) is 10.9 Å². The fourth-order valence-corrected chi connectivity index (χ4v) is 3.10. The number of rotatable bonds is 5. The van der Waals surface area contributed by atoms with Crippen LogP contribution in [0.3, 0.4) is 0 Å². The number of ether oxygens (including phenoxy) is 1. The summed E-state index contributed by atoms with van der Waals surface area (Å²) < 4.78 is 4.99. The molecule has 0 atom stereocenters. The van der Waals surface area contributed by atoms with Gasteiger partial charge in [0.2, 0.25) is 5.88 Å². The van der Waals surface area contributed by atoms with Crippen LogP contribution in [-0.2, 0) is 0 Å². The molecular weight excluding hydrogens is 352 g/mol. The first-order valence-corrected chi connectivity index (χ1v) is 8.57. The van der Waals surface area contributed by atoms with Gasteiger partial charge >= 0.3 is 0 Å². The second kappa shape index (κ2) is 6.81. The average Bonchev–Trinajstić information content (AvgIpc) is 3.32. The molecule has 0 aliphatic carbocycles. The smallest absolute Gasteiger partial charge is 0.275 e. The number of benzene rings is 1. The Morgan fingerprint density at radius 3 is 2.96 bits per heavy atom. The molecule has 3 heterocycles. The van der Waals surface area contributed by atoms with E-state index in [2.05, 4.69) is 30.8 Å². The van der Waals surface area contributed by atoms with Crippen molar-refractivity contribution in [3.05, 3.63) is 53.8 Å². The third-order valence-corrected chi connectivity index (χ3v) is 4.42. The van der Waals surface area contributed by atoms with Crippen LogP contribution in [0.5, 0.6) is 5.88 Å². The first-order valence-electron chi connectivity index (χ1n) is 7.69. The van der Waals surface area contributed by atoms with Gasteiger partial charge in [-0.2, -0.15) is 5.10 Å². The number of thiazole rings is 1. The minimum atomic E-state index is -0.303. The molecule has 1 amide bonds. The number of aromatic nitrogens is 4. The number of carbonyl (C=O) groups is 1. The van der Waals surface area contributed by atoms with Gasteiger partial charge in [0, 0.05) is 16.8 Å². The zero-order valence-corrected chi connectivity index (χ0v) is 14.5. The monoisotopic (exact) mass is 366 g/mol. The van der Waals surface area contributed by atoms with Crippen molar-refractivity contribution in [2.45, 2.75) is 0 Å². The van der Waals surface area contributed by atoms with E-state index in [4.69, 9.17) is 4.74 Å². The summed E-state index contributed by atoms with van der Waals surface area (Å²) in [4.78, 5) is 20.7. The average molecular weight is 366 g/mol. The Morgan fingerprint density at radius 2 is 2.15 bits per heavy atom. The summed E-state index contributed by atoms with van der Waals surface area (Å²) in [6.07, 6.45) is 3.28. The number of nitrogens with one attached hydrogen (secondary N) is 3. The van der Waals surface area contributed by atoms with E-state index in [1.807, 2.05) is 18.2 Å². The van der Waals surface area contributed by atoms with Crippen LogP contribution < -0.4 is 15.4 Å². The fraction of sp³-hybridized carbons (Fsp3) is 0.0588. The van der Waals surface area contributed by atoms with Crippen molar-refractivity contribution in [3.63, 3.8) is 0 Å². The molecule has 0 aliphatic heterocycles. The Kier molecular flexibility index (Phi) is 4.20. The van der Waals surface area contributed by atoms with E-state index in [0.29, 0.717) is 22.4 Å². The van der Waals surface area contributed by atoms with E-state index in [-0.39, 0.29) is 5.91 Å². The van der Waals surface area contributed by atoms with E-state index in [1.54, 1.807) is 23.7 Å². The van der Waals surface area contributed by atoms with Gasteiger partial charge in [0.05, 0.1) is 36.4 Å². The van der Waals surface area contributed by atoms with E-state index in [1.165, 1.54) is 24.6 Å². The maximum atomic E-state index is 12.3. The van der Waals surface area contributed by atoms with Crippen LogP contribution in [0.4, 0.5) is 16.5 Å². The number of H-pyrrole nitrogens is 1. The predicted octanol–water partition coefficient (Wildman–Crippen LogP) is 3.42. The van der Waals surface area contributed by atoms with Gasteiger partial charge in [-0.05, 0) is 18.2 Å². The number of fused-ring (bicyclic) bond motifs is 1. The molecule has 0 saturated carbocycles. The van der Waals surface area contributed by atoms with E-state index in [0.717, 1.165) is 16.6 Å². The Bertz CT molecular complexity index is 1060. The minimum absolute atomic E-state index is 0.303. The largest absolute Gasteiger partial charge is 0.481 e. The Labute approximate surface area is 152 Å². The summed E-state index contributed by atoms with van der Waals surface area (Å²) >= 11 is 1.35. The maximum Gasteiger partial charge on any atom is 0.275 e. The first-order chi connectivity index (χ1) is 12.7. The highest BCUT2D eigenvalue weighted by atomic mass is 32.1. The van der Waals surface area contributed by atoms with Gasteiger partial charge in [0.1, 0.15) is 5.69 Å². The molecule has 0 saturated heterocycles. The van der Waals surface area contributed by atoms with Crippen molar-refractivity contribution in [1.29, 1.82) is 0 Å². The van der Waals surface area contributed by atoms with Crippen molar-refractivity contribution >= 4 is 44.7 Å². The molecule has 26 heavy (non-hydrogen) atoms. The van der Waals surface area contributed by atoms with Crippen LogP contribution in [0.2, 0.25) is 0 Å². The number of nitrogens with zero attached hydrogens (tertiary/aromatic N) is 3. The molecule has 1 aromatic carbocycles. The minimum Gasteiger partial charge on any atom is -0.481 e. The van der Waals surface area contributed by atoms with Gasteiger partial charge < -0.3 is 15.4 Å². The summed E-state index contributed by atoms with van der Waals surface area (Å²) in [5.41, 5.74) is 2.70. The standard InChI is InChI=1S/C17H14N6O2S/c1-25-15-6-5-10(7-18-15)20-16(24)14-9-26-17(22-14)21-12-3-2-4-13-11(12)8-19-23-13/h2-9H,1H3,(H,19,23)(H,20,24)(H,21,22). The molecule has 8 nitrogen and oxygen atoms in total. The van der Waals surface area contributed by atoms with Crippen LogP contribution >= 0.6 is 11.3 Å². The highest BCUT2D eigenvalue weighted by Crippen LogP contribution is 2.27. The molecule has 3 N–H and O–H groups in total. The number of amides is 1. The highest BCUT2D eigenvalue weighted by Gasteiger charge is 2.12. The summed E-state index contributed by atoms with van der Waals surface area (Å²) in [6, 6.07) is 9.18. The zero-order valence-electron chi connectivity index (χ0n) is 13.7. The first kappa shape index (κ1) is 16.0. The number of methoxy groups -OCH3 is 1. The Balaban J connectivity index is 1.48. The molecule has 9 heteroatoms. The van der Waals surface area contributed by atoms with Gasteiger partial charge in [0.25, 0.3) is 5.91 Å². The van der Waals surface area contributed by atoms with E-state index >= 15 is 0 Å². The third kappa shape index (κ3) is 3.20. The van der Waals surface area contributed by atoms with Gasteiger partial charge in [-0.1, -0.05) is 6.07 Å². The molecule has 3 aromatic heterocycles. The topological polar surface area (TPSA) is 105 Å². The SMILES string of the molecule is COc1ccc(NC(=O)c2csc(Nc3cccc4[nH]ncc34)n2)cn1. The molecule has 0 aliphatic rings. The lowest BCUT2D eigenvalue weighted by Crippen LogP contribution is -2.12. The Morgan fingerprint density at radius 1 is 1.23 bits per heavy atom. The molecule has 4 rings (SSSR count). The van der Waals surface area contributed by atoms with Crippen LogP contribution in [-0.4, -0.2) is 33.2 Å². The number of aromatic amines is 1. The molecule has 0 fully saturated rings. The second-order valence-corrected chi connectivity index (χ2v) is 6.20. The lowest BCUT2D eigenvalue weighted by Gasteiger charge is -2.04.